The second kappa shape index (κ2) is 8.33. The van der Waals surface area contributed by atoms with Crippen LogP contribution in [0.4, 0.5) is 10.1 Å². The molecule has 0 aliphatic carbocycles. The normalized spacial score (nSPS) is 10.9. The van der Waals surface area contributed by atoms with E-state index in [0.717, 1.165) is 0 Å². The van der Waals surface area contributed by atoms with E-state index in [2.05, 4.69) is 4.98 Å². The zero-order valence-corrected chi connectivity index (χ0v) is 15.1. The Hall–Kier alpha value is -4.03. The topological polar surface area (TPSA) is 122 Å². The molecule has 0 aliphatic rings. The molecule has 0 unspecified atom stereocenters. The first kappa shape index (κ1) is 19.7. The summed E-state index contributed by atoms with van der Waals surface area (Å²) < 4.78 is 23.6. The summed E-state index contributed by atoms with van der Waals surface area (Å²) in [6.45, 7) is -0.264. The average Bonchev–Trinajstić information content (AvgIpc) is 3.16. The molecule has 0 saturated heterocycles. The van der Waals surface area contributed by atoms with Gasteiger partial charge in [-0.2, -0.15) is 5.26 Å². The van der Waals surface area contributed by atoms with E-state index in [0.29, 0.717) is 17.1 Å². The molecule has 1 N–H and O–H groups in total. The van der Waals surface area contributed by atoms with E-state index < -0.39 is 16.2 Å². The lowest BCUT2D eigenvalue weighted by Gasteiger charge is -2.06. The fourth-order valence-corrected chi connectivity index (χ4v) is 2.77. The standard InChI is InChI=1S/C20H14FN3O5/c1-28-11-16-15(10-22)20(25)23-17(19(16)24(26)27)8-6-14-7-9-18(29-14)12-2-4-13(21)5-3-12/h2-9H,11H2,1H3,(H,23,25)/b8-6+. The van der Waals surface area contributed by atoms with Gasteiger partial charge in [0.15, 0.2) is 0 Å². The van der Waals surface area contributed by atoms with Crippen LogP contribution in [0.25, 0.3) is 23.5 Å². The Labute approximate surface area is 163 Å². The van der Waals surface area contributed by atoms with Gasteiger partial charge in [0.25, 0.3) is 11.2 Å². The Morgan fingerprint density at radius 3 is 2.62 bits per heavy atom. The van der Waals surface area contributed by atoms with Crippen LogP contribution in [0.2, 0.25) is 0 Å². The third-order valence-electron chi connectivity index (χ3n) is 4.07. The van der Waals surface area contributed by atoms with Crippen molar-refractivity contribution in [3.05, 3.63) is 85.3 Å². The van der Waals surface area contributed by atoms with Gasteiger partial charge in [0.2, 0.25) is 0 Å². The molecule has 8 nitrogen and oxygen atoms in total. The number of nitrogens with zero attached hydrogens (tertiary/aromatic N) is 2. The molecule has 0 radical (unpaired) electrons. The smallest absolute Gasteiger partial charge is 0.299 e. The number of hydrogen-bond acceptors (Lipinski definition) is 6. The SMILES string of the molecule is COCc1c([N+](=O)[O-])c(/C=C/c2ccc(-c3ccc(F)cc3)o2)[nH]c(=O)c1C#N. The zero-order valence-electron chi connectivity index (χ0n) is 15.1. The molecule has 0 saturated carbocycles. The predicted octanol–water partition coefficient (Wildman–Crippen LogP) is 3.87. The third kappa shape index (κ3) is 4.12. The second-order valence-electron chi connectivity index (χ2n) is 5.91. The summed E-state index contributed by atoms with van der Waals surface area (Å²) in [7, 11) is 1.31. The lowest BCUT2D eigenvalue weighted by molar-refractivity contribution is -0.386. The molecule has 29 heavy (non-hydrogen) atoms. The van der Waals surface area contributed by atoms with Crippen molar-refractivity contribution in [2.24, 2.45) is 0 Å². The fourth-order valence-electron chi connectivity index (χ4n) is 2.77. The van der Waals surface area contributed by atoms with E-state index in [4.69, 9.17) is 14.4 Å². The lowest BCUT2D eigenvalue weighted by atomic mass is 10.1. The number of rotatable bonds is 6. The molecule has 1 aromatic carbocycles. The molecule has 0 aliphatic heterocycles. The number of pyridine rings is 1. The molecule has 9 heteroatoms. The van der Waals surface area contributed by atoms with Crippen LogP contribution < -0.4 is 5.56 Å². The maximum atomic E-state index is 13.0. The Morgan fingerprint density at radius 1 is 1.28 bits per heavy atom. The van der Waals surface area contributed by atoms with Gasteiger partial charge in [-0.1, -0.05) is 0 Å². The minimum Gasteiger partial charge on any atom is -0.457 e. The number of benzene rings is 1. The number of furan rings is 1. The van der Waals surface area contributed by atoms with Crippen LogP contribution in [0.3, 0.4) is 0 Å². The van der Waals surface area contributed by atoms with Crippen LogP contribution in [0.1, 0.15) is 22.6 Å². The highest BCUT2D eigenvalue weighted by Crippen LogP contribution is 2.27. The van der Waals surface area contributed by atoms with Crippen LogP contribution in [0.5, 0.6) is 0 Å². The zero-order chi connectivity index (χ0) is 21.0. The van der Waals surface area contributed by atoms with Gasteiger partial charge >= 0.3 is 0 Å². The van der Waals surface area contributed by atoms with Crippen molar-refractivity contribution in [1.29, 1.82) is 5.26 Å². The van der Waals surface area contributed by atoms with Gasteiger partial charge in [-0.15, -0.1) is 0 Å². The largest absolute Gasteiger partial charge is 0.457 e. The molecule has 2 aromatic heterocycles. The van der Waals surface area contributed by atoms with Crippen LogP contribution in [0.15, 0.2) is 45.6 Å². The van der Waals surface area contributed by atoms with Crippen molar-refractivity contribution in [2.75, 3.05) is 7.11 Å². The highest BCUT2D eigenvalue weighted by Gasteiger charge is 2.25. The molecular formula is C20H14FN3O5. The van der Waals surface area contributed by atoms with Crippen LogP contribution in [-0.2, 0) is 11.3 Å². The summed E-state index contributed by atoms with van der Waals surface area (Å²) in [5.41, 5.74) is -1.08. The van der Waals surface area contributed by atoms with Crippen molar-refractivity contribution in [3.63, 3.8) is 0 Å². The highest BCUT2D eigenvalue weighted by molar-refractivity contribution is 5.73. The predicted molar refractivity (Wildman–Crippen MR) is 102 cm³/mol. The second-order valence-corrected chi connectivity index (χ2v) is 5.91. The molecule has 0 bridgehead atoms. The summed E-state index contributed by atoms with van der Waals surface area (Å²) >= 11 is 0. The van der Waals surface area contributed by atoms with Crippen molar-refractivity contribution >= 4 is 17.8 Å². The number of nitro groups is 1. The van der Waals surface area contributed by atoms with Gasteiger partial charge in [0, 0.05) is 12.7 Å². The van der Waals surface area contributed by atoms with Crippen molar-refractivity contribution in [3.8, 4) is 17.4 Å². The number of aromatic nitrogens is 1. The fraction of sp³-hybridized carbons (Fsp3) is 0.100. The Bertz CT molecular complexity index is 1190. The van der Waals surface area contributed by atoms with E-state index in [1.54, 1.807) is 30.3 Å². The molecule has 0 spiro atoms. The summed E-state index contributed by atoms with van der Waals surface area (Å²) in [6, 6.07) is 10.7. The molecule has 3 aromatic rings. The number of hydrogen-bond donors (Lipinski definition) is 1. The molecule has 146 valence electrons. The number of methoxy groups -OCH3 is 1. The quantitative estimate of drug-likeness (QED) is 0.499. The Kier molecular flexibility index (Phi) is 5.66. The van der Waals surface area contributed by atoms with Gasteiger partial charge in [0.05, 0.1) is 17.1 Å². The third-order valence-corrected chi connectivity index (χ3v) is 4.07. The van der Waals surface area contributed by atoms with Gasteiger partial charge in [-0.25, -0.2) is 4.39 Å². The molecular weight excluding hydrogens is 381 g/mol. The maximum absolute atomic E-state index is 13.0. The van der Waals surface area contributed by atoms with Crippen molar-refractivity contribution in [1.82, 2.24) is 4.98 Å². The number of ether oxygens (including phenoxy) is 1. The summed E-state index contributed by atoms with van der Waals surface area (Å²) in [5.74, 6) is 0.467. The first-order valence-electron chi connectivity index (χ1n) is 8.31. The lowest BCUT2D eigenvalue weighted by Crippen LogP contribution is -2.18. The average molecular weight is 395 g/mol. The van der Waals surface area contributed by atoms with Gasteiger partial charge in [-0.05, 0) is 48.6 Å². The Balaban J connectivity index is 2.01. The molecule has 0 amide bonds. The molecule has 0 atom stereocenters. The summed E-state index contributed by atoms with van der Waals surface area (Å²) in [5, 5.41) is 20.7. The first-order chi connectivity index (χ1) is 13.9. The molecule has 3 rings (SSSR count). The number of nitriles is 1. The molecule has 0 fully saturated rings. The highest BCUT2D eigenvalue weighted by atomic mass is 19.1. The minimum atomic E-state index is -0.753. The van der Waals surface area contributed by atoms with E-state index >= 15 is 0 Å². The first-order valence-corrected chi connectivity index (χ1v) is 8.31. The number of aromatic amines is 1. The number of H-pyrrole nitrogens is 1. The number of nitrogens with one attached hydrogen (secondary N) is 1. The van der Waals surface area contributed by atoms with Gasteiger partial charge in [-0.3, -0.25) is 14.9 Å². The van der Waals surface area contributed by atoms with E-state index in [-0.39, 0.29) is 29.2 Å². The van der Waals surface area contributed by atoms with Crippen molar-refractivity contribution < 1.29 is 18.5 Å². The van der Waals surface area contributed by atoms with Crippen LogP contribution in [-0.4, -0.2) is 17.0 Å². The Morgan fingerprint density at radius 2 is 2.00 bits per heavy atom. The van der Waals surface area contributed by atoms with E-state index in [9.17, 15) is 19.3 Å². The maximum Gasteiger partial charge on any atom is 0.299 e. The van der Waals surface area contributed by atoms with Crippen molar-refractivity contribution in [2.45, 2.75) is 6.61 Å². The summed E-state index contributed by atoms with van der Waals surface area (Å²) in [4.78, 5) is 25.3. The van der Waals surface area contributed by atoms with E-state index in [1.807, 2.05) is 0 Å². The monoisotopic (exact) mass is 395 g/mol. The minimum absolute atomic E-state index is 0.0919. The summed E-state index contributed by atoms with van der Waals surface area (Å²) in [6.07, 6.45) is 2.75. The van der Waals surface area contributed by atoms with Crippen LogP contribution >= 0.6 is 0 Å². The molecule has 2 heterocycles. The van der Waals surface area contributed by atoms with Gasteiger partial charge in [0.1, 0.15) is 34.7 Å². The van der Waals surface area contributed by atoms with Crippen LogP contribution in [0, 0.1) is 27.3 Å². The number of halogens is 1. The van der Waals surface area contributed by atoms with Gasteiger partial charge < -0.3 is 14.1 Å². The van der Waals surface area contributed by atoms with E-state index in [1.165, 1.54) is 31.4 Å².